The predicted molar refractivity (Wildman–Crippen MR) is 86.9 cm³/mol. The molecule has 0 bridgehead atoms. The molecule has 1 aliphatic carbocycles. The van der Waals surface area contributed by atoms with Crippen molar-refractivity contribution >= 4 is 11.6 Å². The topological polar surface area (TPSA) is 25.4 Å². The maximum Gasteiger partial charge on any atom is 0.232 e. The van der Waals surface area contributed by atoms with Crippen LogP contribution in [0.3, 0.4) is 0 Å². The van der Waals surface area contributed by atoms with Gasteiger partial charge in [-0.25, -0.2) is 4.98 Å². The van der Waals surface area contributed by atoms with E-state index in [-0.39, 0.29) is 0 Å². The number of hydrogen-bond donors (Lipinski definition) is 0. The highest BCUT2D eigenvalue weighted by Gasteiger charge is 2.23. The number of benzene rings is 1. The quantitative estimate of drug-likeness (QED) is 0.833. The molecule has 0 unspecified atom stereocenters. The average Bonchev–Trinajstić information content (AvgIpc) is 3.25. The summed E-state index contributed by atoms with van der Waals surface area (Å²) in [5, 5.41) is 0.620. The minimum absolute atomic E-state index is 0.571. The van der Waals surface area contributed by atoms with Crippen molar-refractivity contribution in [1.29, 1.82) is 0 Å². The molecule has 1 fully saturated rings. The first kappa shape index (κ1) is 14.0. The van der Waals surface area contributed by atoms with Crippen molar-refractivity contribution in [3.8, 4) is 5.88 Å². The lowest BCUT2D eigenvalue weighted by atomic mass is 10.1. The van der Waals surface area contributed by atoms with Gasteiger partial charge < -0.3 is 4.74 Å². The van der Waals surface area contributed by atoms with E-state index >= 15 is 0 Å². The maximum atomic E-state index is 6.30. The van der Waals surface area contributed by atoms with Crippen molar-refractivity contribution in [3.63, 3.8) is 0 Å². The number of ether oxygens (including phenoxy) is 1. The molecule has 0 radical (unpaired) electrons. The Morgan fingerprint density at radius 2 is 1.91 bits per heavy atom. The van der Waals surface area contributed by atoms with Gasteiger partial charge >= 0.3 is 0 Å². The summed E-state index contributed by atoms with van der Waals surface area (Å²) in [5.74, 6) is 1.28. The third-order valence-corrected chi connectivity index (χ3v) is 4.60. The Kier molecular flexibility index (Phi) is 3.77. The molecule has 1 aromatic carbocycles. The van der Waals surface area contributed by atoms with E-state index in [0.717, 1.165) is 31.8 Å². The summed E-state index contributed by atoms with van der Waals surface area (Å²) in [4.78, 5) is 6.79. The fourth-order valence-electron chi connectivity index (χ4n) is 2.91. The van der Waals surface area contributed by atoms with E-state index in [1.54, 1.807) is 0 Å². The molecule has 0 amide bonds. The Hall–Kier alpha value is -1.58. The van der Waals surface area contributed by atoms with Crippen molar-refractivity contribution in [2.75, 3.05) is 6.61 Å². The van der Waals surface area contributed by atoms with Crippen molar-refractivity contribution < 1.29 is 4.74 Å². The Morgan fingerprint density at radius 3 is 2.55 bits per heavy atom. The molecule has 0 N–H and O–H groups in total. The first-order valence-electron chi connectivity index (χ1n) is 7.84. The van der Waals surface area contributed by atoms with Gasteiger partial charge in [-0.05, 0) is 41.5 Å². The van der Waals surface area contributed by atoms with Gasteiger partial charge in [0.15, 0.2) is 0 Å². The number of halogens is 1. The first-order valence-corrected chi connectivity index (χ1v) is 8.22. The van der Waals surface area contributed by atoms with Crippen LogP contribution in [0.2, 0.25) is 5.02 Å². The SMILES string of the molecule is Clc1cc(CN2Cc3ccccc3C2)cnc1OCC1CC1. The standard InChI is InChI=1S/C18H19ClN2O/c19-17-7-14(8-20-18(17)22-12-13-5-6-13)9-21-10-15-3-1-2-4-16(15)11-21/h1-4,7-8,13H,5-6,9-12H2. The van der Waals surface area contributed by atoms with Crippen LogP contribution < -0.4 is 4.74 Å². The van der Waals surface area contributed by atoms with Gasteiger partial charge in [-0.15, -0.1) is 0 Å². The number of rotatable bonds is 5. The van der Waals surface area contributed by atoms with Gasteiger partial charge in [0.05, 0.1) is 6.61 Å². The van der Waals surface area contributed by atoms with Crippen LogP contribution in [0.4, 0.5) is 0 Å². The largest absolute Gasteiger partial charge is 0.476 e. The fraction of sp³-hybridized carbons (Fsp3) is 0.389. The van der Waals surface area contributed by atoms with Crippen LogP contribution in [-0.2, 0) is 19.6 Å². The van der Waals surface area contributed by atoms with Gasteiger partial charge in [0.1, 0.15) is 5.02 Å². The maximum absolute atomic E-state index is 6.30. The summed E-state index contributed by atoms with van der Waals surface area (Å²) in [6.45, 7) is 3.60. The Bertz CT molecular complexity index is 660. The van der Waals surface area contributed by atoms with E-state index in [9.17, 15) is 0 Å². The van der Waals surface area contributed by atoms with Crippen LogP contribution in [0, 0.1) is 5.92 Å². The summed E-state index contributed by atoms with van der Waals surface area (Å²) >= 11 is 6.30. The lowest BCUT2D eigenvalue weighted by molar-refractivity contribution is 0.273. The number of nitrogens with zero attached hydrogens (tertiary/aromatic N) is 2. The normalized spacial score (nSPS) is 17.5. The number of pyridine rings is 1. The molecule has 4 heteroatoms. The summed E-state index contributed by atoms with van der Waals surface area (Å²) in [5.41, 5.74) is 3.98. The lowest BCUT2D eigenvalue weighted by Gasteiger charge is -2.15. The Morgan fingerprint density at radius 1 is 1.18 bits per heavy atom. The second-order valence-corrected chi connectivity index (χ2v) is 6.71. The zero-order valence-electron chi connectivity index (χ0n) is 12.5. The molecule has 22 heavy (non-hydrogen) atoms. The number of aromatic nitrogens is 1. The molecular formula is C18H19ClN2O. The van der Waals surface area contributed by atoms with E-state index in [0.29, 0.717) is 16.8 Å². The Balaban J connectivity index is 1.40. The van der Waals surface area contributed by atoms with Crippen LogP contribution in [0.1, 0.15) is 29.5 Å². The molecule has 0 atom stereocenters. The zero-order valence-corrected chi connectivity index (χ0v) is 13.2. The van der Waals surface area contributed by atoms with Crippen molar-refractivity contribution in [1.82, 2.24) is 9.88 Å². The van der Waals surface area contributed by atoms with E-state index in [1.807, 2.05) is 12.3 Å². The third kappa shape index (κ3) is 3.11. The second-order valence-electron chi connectivity index (χ2n) is 6.30. The zero-order chi connectivity index (χ0) is 14.9. The van der Waals surface area contributed by atoms with Gasteiger partial charge in [0, 0.05) is 25.8 Å². The molecule has 0 spiro atoms. The molecule has 2 aliphatic rings. The summed E-state index contributed by atoms with van der Waals surface area (Å²) in [6.07, 6.45) is 4.42. The molecular weight excluding hydrogens is 296 g/mol. The van der Waals surface area contributed by atoms with E-state index in [4.69, 9.17) is 16.3 Å². The number of fused-ring (bicyclic) bond motifs is 1. The molecule has 2 aromatic rings. The van der Waals surface area contributed by atoms with E-state index in [2.05, 4.69) is 34.1 Å². The third-order valence-electron chi connectivity index (χ3n) is 4.33. The van der Waals surface area contributed by atoms with Gasteiger partial charge in [-0.2, -0.15) is 0 Å². The average molecular weight is 315 g/mol. The van der Waals surface area contributed by atoms with E-state index in [1.165, 1.54) is 24.0 Å². The minimum Gasteiger partial charge on any atom is -0.476 e. The number of hydrogen-bond acceptors (Lipinski definition) is 3. The Labute approximate surface area is 135 Å². The van der Waals surface area contributed by atoms with Crippen LogP contribution >= 0.6 is 11.6 Å². The van der Waals surface area contributed by atoms with Gasteiger partial charge in [0.2, 0.25) is 5.88 Å². The summed E-state index contributed by atoms with van der Waals surface area (Å²) < 4.78 is 5.68. The molecule has 114 valence electrons. The summed E-state index contributed by atoms with van der Waals surface area (Å²) in [7, 11) is 0. The van der Waals surface area contributed by atoms with Crippen LogP contribution in [0.5, 0.6) is 5.88 Å². The van der Waals surface area contributed by atoms with Crippen LogP contribution in [-0.4, -0.2) is 16.5 Å². The van der Waals surface area contributed by atoms with Crippen LogP contribution in [0.15, 0.2) is 36.5 Å². The molecule has 2 heterocycles. The van der Waals surface area contributed by atoms with Crippen molar-refractivity contribution in [3.05, 3.63) is 58.2 Å². The molecule has 1 saturated carbocycles. The lowest BCUT2D eigenvalue weighted by Crippen LogP contribution is -2.15. The minimum atomic E-state index is 0.571. The highest BCUT2D eigenvalue weighted by molar-refractivity contribution is 6.31. The highest BCUT2D eigenvalue weighted by Crippen LogP contribution is 2.31. The summed E-state index contributed by atoms with van der Waals surface area (Å²) in [6, 6.07) is 10.6. The van der Waals surface area contributed by atoms with Crippen LogP contribution in [0.25, 0.3) is 0 Å². The van der Waals surface area contributed by atoms with E-state index < -0.39 is 0 Å². The molecule has 1 aliphatic heterocycles. The molecule has 1 aromatic heterocycles. The predicted octanol–water partition coefficient (Wildman–Crippen LogP) is 4.04. The van der Waals surface area contributed by atoms with Crippen molar-refractivity contribution in [2.24, 2.45) is 5.92 Å². The monoisotopic (exact) mass is 314 g/mol. The highest BCUT2D eigenvalue weighted by atomic mass is 35.5. The fourth-order valence-corrected chi connectivity index (χ4v) is 3.16. The van der Waals surface area contributed by atoms with Crippen molar-refractivity contribution in [2.45, 2.75) is 32.5 Å². The molecule has 3 nitrogen and oxygen atoms in total. The van der Waals surface area contributed by atoms with Gasteiger partial charge in [-0.3, -0.25) is 4.90 Å². The second kappa shape index (κ2) is 5.90. The van der Waals surface area contributed by atoms with Gasteiger partial charge in [0.25, 0.3) is 0 Å². The first-order chi connectivity index (χ1) is 10.8. The smallest absolute Gasteiger partial charge is 0.232 e. The molecule has 0 saturated heterocycles. The molecule has 4 rings (SSSR count). The van der Waals surface area contributed by atoms with Gasteiger partial charge in [-0.1, -0.05) is 35.9 Å².